The van der Waals surface area contributed by atoms with E-state index in [0.717, 1.165) is 0 Å². The van der Waals surface area contributed by atoms with E-state index in [1.54, 1.807) is 31.2 Å². The molecule has 0 atom stereocenters. The van der Waals surface area contributed by atoms with Crippen LogP contribution in [0.15, 0.2) is 29.1 Å². The van der Waals surface area contributed by atoms with E-state index in [-0.39, 0.29) is 11.2 Å². The Labute approximate surface area is 166 Å². The van der Waals surface area contributed by atoms with Crippen molar-refractivity contribution in [2.24, 2.45) is 0 Å². The summed E-state index contributed by atoms with van der Waals surface area (Å²) < 4.78 is 29.1. The molecule has 148 valence electrons. The number of terminal acetylenes is 1. The normalized spacial score (nSPS) is 14.9. The summed E-state index contributed by atoms with van der Waals surface area (Å²) in [4.78, 5) is 26.2. The molecule has 8 heteroatoms. The average Bonchev–Trinajstić information content (AvgIpc) is 2.72. The van der Waals surface area contributed by atoms with Gasteiger partial charge in [-0.3, -0.25) is 9.69 Å². The summed E-state index contributed by atoms with van der Waals surface area (Å²) in [5.74, 6) is 1.27. The van der Waals surface area contributed by atoms with Crippen molar-refractivity contribution < 1.29 is 8.78 Å². The highest BCUT2D eigenvalue weighted by Crippen LogP contribution is 2.22. The van der Waals surface area contributed by atoms with Crippen LogP contribution in [0.4, 0.5) is 14.5 Å². The van der Waals surface area contributed by atoms with Crippen LogP contribution in [0.2, 0.25) is 0 Å². The van der Waals surface area contributed by atoms with Crippen molar-refractivity contribution in [3.8, 4) is 12.3 Å². The molecule has 6 nitrogen and oxygen atoms in total. The number of pyridine rings is 1. The summed E-state index contributed by atoms with van der Waals surface area (Å²) in [7, 11) is 0. The molecule has 0 unspecified atom stereocenters. The Kier molecular flexibility index (Phi) is 4.99. The molecule has 1 N–H and O–H groups in total. The highest BCUT2D eigenvalue weighted by molar-refractivity contribution is 5.75. The third-order valence-electron chi connectivity index (χ3n) is 5.14. The molecule has 4 rings (SSSR count). The molecule has 1 aromatic carbocycles. The van der Waals surface area contributed by atoms with Gasteiger partial charge in [0.25, 0.3) is 5.56 Å². The predicted molar refractivity (Wildman–Crippen MR) is 107 cm³/mol. The lowest BCUT2D eigenvalue weighted by Crippen LogP contribution is -2.46. The maximum Gasteiger partial charge on any atom is 0.269 e. The van der Waals surface area contributed by atoms with E-state index in [1.807, 2.05) is 4.90 Å². The summed E-state index contributed by atoms with van der Waals surface area (Å²) in [5, 5.41) is 0. The third kappa shape index (κ3) is 3.69. The number of H-pyrrole nitrogens is 1. The maximum absolute atomic E-state index is 14.9. The number of rotatable bonds is 3. The smallest absolute Gasteiger partial charge is 0.269 e. The molecule has 0 amide bonds. The summed E-state index contributed by atoms with van der Waals surface area (Å²) in [6, 6.07) is 6.66. The van der Waals surface area contributed by atoms with Crippen molar-refractivity contribution in [1.82, 2.24) is 19.9 Å². The number of anilines is 1. The molecule has 0 aliphatic carbocycles. The molecule has 1 aliphatic heterocycles. The maximum atomic E-state index is 14.9. The van der Waals surface area contributed by atoms with Gasteiger partial charge in [-0.05, 0) is 25.1 Å². The van der Waals surface area contributed by atoms with Gasteiger partial charge in [-0.2, -0.15) is 4.39 Å². The molecule has 1 aliphatic rings. The lowest BCUT2D eigenvalue weighted by molar-refractivity contribution is 0.246. The highest BCUT2D eigenvalue weighted by Gasteiger charge is 2.22. The highest BCUT2D eigenvalue weighted by atomic mass is 19.1. The first-order valence-electron chi connectivity index (χ1n) is 9.24. The molecule has 0 spiro atoms. The van der Waals surface area contributed by atoms with Gasteiger partial charge >= 0.3 is 0 Å². The van der Waals surface area contributed by atoms with E-state index in [1.165, 1.54) is 0 Å². The van der Waals surface area contributed by atoms with Gasteiger partial charge in [0.05, 0.1) is 11.2 Å². The van der Waals surface area contributed by atoms with E-state index >= 15 is 0 Å². The van der Waals surface area contributed by atoms with Gasteiger partial charge in [0, 0.05) is 38.3 Å². The number of benzene rings is 1. The quantitative estimate of drug-likeness (QED) is 0.544. The van der Waals surface area contributed by atoms with Crippen LogP contribution in [-0.2, 0) is 6.54 Å². The lowest BCUT2D eigenvalue weighted by Gasteiger charge is -2.36. The molecule has 0 bridgehead atoms. The van der Waals surface area contributed by atoms with Crippen molar-refractivity contribution in [1.29, 1.82) is 0 Å². The summed E-state index contributed by atoms with van der Waals surface area (Å²) >= 11 is 0. The number of nitrogens with zero attached hydrogens (tertiary/aromatic N) is 4. The molecule has 1 fully saturated rings. The first-order valence-corrected chi connectivity index (χ1v) is 9.24. The second kappa shape index (κ2) is 7.60. The summed E-state index contributed by atoms with van der Waals surface area (Å²) in [6.07, 6.45) is 5.25. The standard InChI is InChI=1S/C21H19F2N5O/c1-3-15-5-7-17(20(23)25-15)28-10-8-27(9-11-28)12-14-4-6-16-19(18(14)22)26-21(29)13(2)24-16/h1,4-7H,8-12H2,2H3,(H,26,29). The van der Waals surface area contributed by atoms with E-state index in [0.29, 0.717) is 55.2 Å². The number of halogens is 2. The van der Waals surface area contributed by atoms with Gasteiger partial charge < -0.3 is 9.88 Å². The molecule has 1 saturated heterocycles. The monoisotopic (exact) mass is 395 g/mol. The van der Waals surface area contributed by atoms with Crippen LogP contribution < -0.4 is 10.5 Å². The molecule has 2 aromatic heterocycles. The molecule has 3 heterocycles. The second-order valence-corrected chi connectivity index (χ2v) is 7.00. The lowest BCUT2D eigenvalue weighted by atomic mass is 10.1. The minimum absolute atomic E-state index is 0.124. The second-order valence-electron chi connectivity index (χ2n) is 7.00. The van der Waals surface area contributed by atoms with Gasteiger partial charge in [-0.15, -0.1) is 6.42 Å². The number of aromatic nitrogens is 3. The Morgan fingerprint density at radius 2 is 1.90 bits per heavy atom. The van der Waals surface area contributed by atoms with E-state index in [9.17, 15) is 13.6 Å². The minimum Gasteiger partial charge on any atom is -0.365 e. The number of nitrogens with one attached hydrogen (secondary N) is 1. The van der Waals surface area contributed by atoms with Crippen molar-refractivity contribution in [3.05, 3.63) is 63.3 Å². The number of hydrogen-bond acceptors (Lipinski definition) is 5. The minimum atomic E-state index is -0.582. The van der Waals surface area contributed by atoms with Gasteiger partial charge in [-0.25, -0.2) is 14.4 Å². The average molecular weight is 395 g/mol. The van der Waals surface area contributed by atoms with Crippen LogP contribution in [-0.4, -0.2) is 46.0 Å². The summed E-state index contributed by atoms with van der Waals surface area (Å²) in [6.45, 7) is 4.42. The van der Waals surface area contributed by atoms with E-state index in [4.69, 9.17) is 6.42 Å². The third-order valence-corrected chi connectivity index (χ3v) is 5.14. The van der Waals surface area contributed by atoms with Crippen LogP contribution in [0, 0.1) is 31.0 Å². The Bertz CT molecular complexity index is 1180. The SMILES string of the molecule is C#Cc1ccc(N2CCN(Cc3ccc4nc(C)c(=O)[nH]c4c3F)CC2)c(F)n1. The van der Waals surface area contributed by atoms with Gasteiger partial charge in [-0.1, -0.05) is 12.0 Å². The van der Waals surface area contributed by atoms with Crippen molar-refractivity contribution in [3.63, 3.8) is 0 Å². The van der Waals surface area contributed by atoms with E-state index < -0.39 is 17.3 Å². The van der Waals surface area contributed by atoms with Crippen LogP contribution in [0.3, 0.4) is 0 Å². The van der Waals surface area contributed by atoms with E-state index in [2.05, 4.69) is 25.8 Å². The zero-order valence-electron chi connectivity index (χ0n) is 15.9. The Balaban J connectivity index is 1.47. The Morgan fingerprint density at radius 3 is 2.59 bits per heavy atom. The van der Waals surface area contributed by atoms with Gasteiger partial charge in [0.2, 0.25) is 5.95 Å². The van der Waals surface area contributed by atoms with Gasteiger partial charge in [0.15, 0.2) is 5.82 Å². The van der Waals surface area contributed by atoms with Crippen LogP contribution in [0.1, 0.15) is 17.0 Å². The topological polar surface area (TPSA) is 65.1 Å². The molecular formula is C21H19F2N5O. The first-order chi connectivity index (χ1) is 14.0. The fourth-order valence-corrected chi connectivity index (χ4v) is 3.51. The molecule has 3 aromatic rings. The Morgan fingerprint density at radius 1 is 1.14 bits per heavy atom. The summed E-state index contributed by atoms with van der Waals surface area (Å²) in [5.41, 5.74) is 1.62. The van der Waals surface area contributed by atoms with Crippen molar-refractivity contribution >= 4 is 16.7 Å². The number of aryl methyl sites for hydroxylation is 1. The van der Waals surface area contributed by atoms with Crippen LogP contribution in [0.25, 0.3) is 11.0 Å². The Hall–Kier alpha value is -3.31. The zero-order chi connectivity index (χ0) is 20.5. The molecule has 29 heavy (non-hydrogen) atoms. The number of fused-ring (bicyclic) bond motifs is 1. The fraction of sp³-hybridized carbons (Fsp3) is 0.286. The fourth-order valence-electron chi connectivity index (χ4n) is 3.51. The molecule has 0 saturated carbocycles. The van der Waals surface area contributed by atoms with Crippen molar-refractivity contribution in [2.45, 2.75) is 13.5 Å². The predicted octanol–water partition coefficient (Wildman–Crippen LogP) is 2.21. The first kappa shape index (κ1) is 19.0. The molecule has 0 radical (unpaired) electrons. The van der Waals surface area contributed by atoms with Gasteiger partial charge in [0.1, 0.15) is 16.9 Å². The van der Waals surface area contributed by atoms with Crippen molar-refractivity contribution in [2.75, 3.05) is 31.1 Å². The largest absolute Gasteiger partial charge is 0.365 e. The number of piperazine rings is 1. The number of hydrogen-bond donors (Lipinski definition) is 1. The zero-order valence-corrected chi connectivity index (χ0v) is 15.9. The van der Waals surface area contributed by atoms with Crippen LogP contribution >= 0.6 is 0 Å². The van der Waals surface area contributed by atoms with Crippen LogP contribution in [0.5, 0.6) is 0 Å². The number of aromatic amines is 1. The molecular weight excluding hydrogens is 376 g/mol.